The van der Waals surface area contributed by atoms with Crippen molar-refractivity contribution < 1.29 is 14.6 Å². The minimum atomic E-state index is -1.15. The van der Waals surface area contributed by atoms with E-state index in [2.05, 4.69) is 11.9 Å². The molecule has 0 aliphatic heterocycles. The second kappa shape index (κ2) is 5.16. The summed E-state index contributed by atoms with van der Waals surface area (Å²) in [5, 5.41) is 12.3. The van der Waals surface area contributed by atoms with Crippen molar-refractivity contribution >= 4 is 6.09 Å². The van der Waals surface area contributed by atoms with Gasteiger partial charge in [0.1, 0.15) is 5.60 Å². The fraction of sp³-hybridized carbons (Fsp3) is 0.583. The molecule has 0 rings (SSSR count). The zero-order valence-corrected chi connectivity index (χ0v) is 10.6. The van der Waals surface area contributed by atoms with Crippen molar-refractivity contribution in [2.24, 2.45) is 0 Å². The van der Waals surface area contributed by atoms with Crippen LogP contribution < -0.4 is 5.32 Å². The van der Waals surface area contributed by atoms with Crippen LogP contribution in [0.25, 0.3) is 0 Å². The van der Waals surface area contributed by atoms with Crippen molar-refractivity contribution in [3.63, 3.8) is 0 Å². The molecule has 2 N–H and O–H groups in total. The molecule has 0 bridgehead atoms. The van der Waals surface area contributed by atoms with Crippen molar-refractivity contribution in [3.05, 3.63) is 24.4 Å². The normalized spacial score (nSPS) is 13.2. The van der Waals surface area contributed by atoms with Gasteiger partial charge in [0.15, 0.2) is 0 Å². The van der Waals surface area contributed by atoms with Crippen LogP contribution in [-0.2, 0) is 4.74 Å². The Morgan fingerprint density at radius 3 is 2.12 bits per heavy atom. The van der Waals surface area contributed by atoms with Crippen molar-refractivity contribution in [1.29, 1.82) is 0 Å². The molecule has 0 heterocycles. The molecule has 0 saturated carbocycles. The van der Waals surface area contributed by atoms with E-state index in [0.29, 0.717) is 5.70 Å². The number of allylic oxidation sites excluding steroid dienone is 2. The molecule has 0 aliphatic rings. The first-order valence-corrected chi connectivity index (χ1v) is 5.12. The summed E-state index contributed by atoms with van der Waals surface area (Å²) < 4.78 is 5.07. The molecule has 0 aromatic rings. The number of amides is 1. The maximum Gasteiger partial charge on any atom is 0.411 e. The molecular weight excluding hydrogens is 206 g/mol. The zero-order chi connectivity index (χ0) is 13.0. The van der Waals surface area contributed by atoms with E-state index in [0.717, 1.165) is 0 Å². The molecular formula is C12H21NO3. The summed E-state index contributed by atoms with van der Waals surface area (Å²) in [6.07, 6.45) is 2.43. The van der Waals surface area contributed by atoms with Crippen LogP contribution in [0.3, 0.4) is 0 Å². The molecule has 0 aromatic carbocycles. The molecule has 0 radical (unpaired) electrons. The average molecular weight is 227 g/mol. The summed E-state index contributed by atoms with van der Waals surface area (Å²) in [6, 6.07) is 0. The lowest BCUT2D eigenvalue weighted by atomic mass is 10.1. The number of aliphatic hydroxyl groups is 1. The van der Waals surface area contributed by atoms with E-state index >= 15 is 0 Å². The second-order valence-corrected chi connectivity index (χ2v) is 5.00. The van der Waals surface area contributed by atoms with Crippen LogP contribution in [0, 0.1) is 0 Å². The topological polar surface area (TPSA) is 58.6 Å². The second-order valence-electron chi connectivity index (χ2n) is 5.00. The summed E-state index contributed by atoms with van der Waals surface area (Å²) in [5.41, 5.74) is -1.37. The average Bonchev–Trinajstić information content (AvgIpc) is 1.97. The van der Waals surface area contributed by atoms with E-state index in [-0.39, 0.29) is 0 Å². The Kier molecular flexibility index (Phi) is 4.75. The highest BCUT2D eigenvalue weighted by Gasteiger charge is 2.23. The minimum absolute atomic E-state index is 0.344. The Morgan fingerprint density at radius 1 is 1.31 bits per heavy atom. The van der Waals surface area contributed by atoms with Gasteiger partial charge >= 0.3 is 6.09 Å². The molecule has 0 fully saturated rings. The van der Waals surface area contributed by atoms with Crippen LogP contribution in [0.4, 0.5) is 4.79 Å². The molecule has 1 amide bonds. The first-order valence-electron chi connectivity index (χ1n) is 5.12. The minimum Gasteiger partial charge on any atom is -0.444 e. The van der Waals surface area contributed by atoms with Crippen LogP contribution in [-0.4, -0.2) is 22.4 Å². The molecule has 0 spiro atoms. The van der Waals surface area contributed by atoms with Gasteiger partial charge in [-0.2, -0.15) is 0 Å². The third-order valence-corrected chi connectivity index (χ3v) is 1.58. The largest absolute Gasteiger partial charge is 0.444 e. The number of hydrogen-bond acceptors (Lipinski definition) is 3. The fourth-order valence-corrected chi connectivity index (χ4v) is 0.930. The fourth-order valence-electron chi connectivity index (χ4n) is 0.930. The number of alkyl carbamates (subject to hydrolysis) is 1. The summed E-state index contributed by atoms with van der Waals surface area (Å²) >= 11 is 0. The monoisotopic (exact) mass is 227 g/mol. The van der Waals surface area contributed by atoms with Crippen molar-refractivity contribution in [1.82, 2.24) is 5.32 Å². The Hall–Kier alpha value is -1.29. The lowest BCUT2D eigenvalue weighted by Gasteiger charge is -2.25. The Balaban J connectivity index is 4.62. The van der Waals surface area contributed by atoms with Crippen LogP contribution >= 0.6 is 0 Å². The lowest BCUT2D eigenvalue weighted by molar-refractivity contribution is 0.0487. The number of rotatable bonds is 3. The van der Waals surface area contributed by atoms with Crippen molar-refractivity contribution in [2.75, 3.05) is 0 Å². The van der Waals surface area contributed by atoms with Crippen LogP contribution in [0.5, 0.6) is 0 Å². The zero-order valence-electron chi connectivity index (χ0n) is 10.6. The van der Waals surface area contributed by atoms with Gasteiger partial charge in [-0.25, -0.2) is 4.79 Å². The predicted molar refractivity (Wildman–Crippen MR) is 63.9 cm³/mol. The molecule has 0 unspecified atom stereocenters. The summed E-state index contributed by atoms with van der Waals surface area (Å²) in [5.74, 6) is 0. The molecule has 92 valence electrons. The number of ether oxygens (including phenoxy) is 1. The molecule has 4 heteroatoms. The first-order chi connectivity index (χ1) is 7.06. The van der Waals surface area contributed by atoms with E-state index in [4.69, 9.17) is 4.74 Å². The number of carbonyl (C=O) groups is 1. The van der Waals surface area contributed by atoms with Gasteiger partial charge in [-0.15, -0.1) is 0 Å². The van der Waals surface area contributed by atoms with E-state index in [1.807, 2.05) is 0 Å². The maximum absolute atomic E-state index is 11.5. The van der Waals surface area contributed by atoms with Gasteiger partial charge in [-0.1, -0.05) is 12.7 Å². The number of carbonyl (C=O) groups excluding carboxylic acids is 1. The molecule has 0 atom stereocenters. The Labute approximate surface area is 97.0 Å². The van der Waals surface area contributed by atoms with Gasteiger partial charge in [0.2, 0.25) is 0 Å². The predicted octanol–water partition coefficient (Wildman–Crippen LogP) is 2.35. The lowest BCUT2D eigenvalue weighted by Crippen LogP contribution is -2.39. The quantitative estimate of drug-likeness (QED) is 0.728. The van der Waals surface area contributed by atoms with Gasteiger partial charge in [-0.3, -0.25) is 5.32 Å². The first kappa shape index (κ1) is 14.7. The highest BCUT2D eigenvalue weighted by molar-refractivity contribution is 5.70. The SMILES string of the molecule is C=C/C=C(/NC(=O)OC(C)(C)C)C(C)(C)O. The standard InChI is InChI=1S/C12H21NO3/c1-7-8-9(12(5,6)15)13-10(14)16-11(2,3)4/h7-8,15H,1H2,2-6H3,(H,13,14)/b9-8+. The van der Waals surface area contributed by atoms with Crippen molar-refractivity contribution in [3.8, 4) is 0 Å². The van der Waals surface area contributed by atoms with Gasteiger partial charge in [0.25, 0.3) is 0 Å². The van der Waals surface area contributed by atoms with Crippen LogP contribution in [0.15, 0.2) is 24.4 Å². The van der Waals surface area contributed by atoms with Gasteiger partial charge in [0.05, 0.1) is 11.3 Å². The van der Waals surface area contributed by atoms with E-state index in [1.165, 1.54) is 12.2 Å². The van der Waals surface area contributed by atoms with E-state index in [1.54, 1.807) is 34.6 Å². The Bertz CT molecular complexity index is 292. The third-order valence-electron chi connectivity index (χ3n) is 1.58. The number of nitrogens with one attached hydrogen (secondary N) is 1. The smallest absolute Gasteiger partial charge is 0.411 e. The van der Waals surface area contributed by atoms with Crippen LogP contribution in [0.2, 0.25) is 0 Å². The maximum atomic E-state index is 11.5. The van der Waals surface area contributed by atoms with Crippen molar-refractivity contribution in [2.45, 2.75) is 45.8 Å². The molecule has 0 aromatic heterocycles. The summed E-state index contributed by atoms with van der Waals surface area (Å²) in [7, 11) is 0. The van der Waals surface area contributed by atoms with Crippen LogP contribution in [0.1, 0.15) is 34.6 Å². The van der Waals surface area contributed by atoms with E-state index < -0.39 is 17.3 Å². The highest BCUT2D eigenvalue weighted by atomic mass is 16.6. The molecule has 0 saturated heterocycles. The third kappa shape index (κ3) is 6.24. The molecule has 0 aliphatic carbocycles. The summed E-state index contributed by atoms with van der Waals surface area (Å²) in [6.45, 7) is 12.0. The molecule has 16 heavy (non-hydrogen) atoms. The Morgan fingerprint density at radius 2 is 1.81 bits per heavy atom. The summed E-state index contributed by atoms with van der Waals surface area (Å²) in [4.78, 5) is 11.5. The van der Waals surface area contributed by atoms with E-state index in [9.17, 15) is 9.90 Å². The molecule has 4 nitrogen and oxygen atoms in total. The van der Waals surface area contributed by atoms with Gasteiger partial charge < -0.3 is 9.84 Å². The number of hydrogen-bond donors (Lipinski definition) is 2. The van der Waals surface area contributed by atoms with Gasteiger partial charge in [-0.05, 0) is 40.7 Å². The highest BCUT2D eigenvalue weighted by Crippen LogP contribution is 2.14. The van der Waals surface area contributed by atoms with Gasteiger partial charge in [0, 0.05) is 0 Å².